The third kappa shape index (κ3) is 3.60. The van der Waals surface area contributed by atoms with Gasteiger partial charge < -0.3 is 10.2 Å². The fraction of sp³-hybridized carbons (Fsp3) is 0.364. The molecule has 1 saturated carbocycles. The molecule has 1 saturated heterocycles. The molecule has 7 heteroatoms. The summed E-state index contributed by atoms with van der Waals surface area (Å²) in [4.78, 5) is 31.3. The van der Waals surface area contributed by atoms with Gasteiger partial charge in [-0.05, 0) is 49.9 Å². The average molecular weight is 389 g/mol. The number of carbonyl (C=O) groups excluding carboxylic acids is 2. The number of amides is 2. The van der Waals surface area contributed by atoms with Crippen LogP contribution in [0.5, 0.6) is 0 Å². The second-order valence-electron chi connectivity index (χ2n) is 7.86. The van der Waals surface area contributed by atoms with E-state index in [1.807, 2.05) is 46.0 Å². The van der Waals surface area contributed by atoms with Gasteiger partial charge in [-0.2, -0.15) is 5.10 Å². The van der Waals surface area contributed by atoms with Crippen LogP contribution in [-0.4, -0.2) is 44.6 Å². The number of nitrogens with one attached hydrogen (secondary N) is 1. The molecule has 7 nitrogen and oxygen atoms in total. The Balaban J connectivity index is 1.25. The number of rotatable bonds is 4. The maximum absolute atomic E-state index is 13.0. The van der Waals surface area contributed by atoms with Crippen molar-refractivity contribution in [1.82, 2.24) is 19.7 Å². The lowest BCUT2D eigenvalue weighted by Crippen LogP contribution is -2.39. The minimum absolute atomic E-state index is 0.0527. The van der Waals surface area contributed by atoms with Gasteiger partial charge in [0.15, 0.2) is 0 Å². The molecule has 2 aliphatic rings. The Morgan fingerprint density at radius 2 is 1.83 bits per heavy atom. The second-order valence-corrected chi connectivity index (χ2v) is 7.86. The number of pyridine rings is 1. The molecule has 3 heterocycles. The number of fused-ring (bicyclic) bond motifs is 1. The number of aromatic nitrogens is 3. The van der Waals surface area contributed by atoms with Crippen molar-refractivity contribution in [3.05, 3.63) is 54.4 Å². The Hall–Kier alpha value is -3.22. The van der Waals surface area contributed by atoms with Crippen molar-refractivity contribution < 1.29 is 9.59 Å². The highest BCUT2D eigenvalue weighted by Gasteiger charge is 2.31. The zero-order valence-electron chi connectivity index (χ0n) is 16.1. The average Bonchev–Trinajstić information content (AvgIpc) is 3.53. The zero-order chi connectivity index (χ0) is 19.8. The second kappa shape index (κ2) is 7.31. The summed E-state index contributed by atoms with van der Waals surface area (Å²) in [5.74, 6) is 1.06. The molecule has 0 spiro atoms. The van der Waals surface area contributed by atoms with Crippen LogP contribution in [0.4, 0.5) is 5.82 Å². The predicted octanol–water partition coefficient (Wildman–Crippen LogP) is 3.26. The van der Waals surface area contributed by atoms with Gasteiger partial charge in [-0.15, -0.1) is 0 Å². The Bertz CT molecular complexity index is 1060. The van der Waals surface area contributed by atoms with Gasteiger partial charge in [-0.1, -0.05) is 6.07 Å². The van der Waals surface area contributed by atoms with Crippen LogP contribution in [0.3, 0.4) is 0 Å². The van der Waals surface area contributed by atoms with Gasteiger partial charge in [0.1, 0.15) is 5.82 Å². The highest BCUT2D eigenvalue weighted by molar-refractivity contribution is 5.98. The first-order valence-electron chi connectivity index (χ1n) is 10.2. The number of carbonyl (C=O) groups is 2. The molecule has 2 fully saturated rings. The third-order valence-electron chi connectivity index (χ3n) is 5.82. The fourth-order valence-corrected chi connectivity index (χ4v) is 3.98. The molecule has 1 aliphatic carbocycles. The Morgan fingerprint density at radius 3 is 2.62 bits per heavy atom. The number of nitrogens with zero attached hydrogens (tertiary/aromatic N) is 4. The first-order chi connectivity index (χ1) is 14.2. The van der Waals surface area contributed by atoms with Gasteiger partial charge in [-0.3, -0.25) is 14.6 Å². The Kier molecular flexibility index (Phi) is 4.50. The summed E-state index contributed by atoms with van der Waals surface area (Å²) in [5, 5.41) is 8.40. The van der Waals surface area contributed by atoms with E-state index in [1.165, 1.54) is 0 Å². The lowest BCUT2D eigenvalue weighted by atomic mass is 10.0. The van der Waals surface area contributed by atoms with Gasteiger partial charge in [-0.25, -0.2) is 4.68 Å². The molecule has 0 atom stereocenters. The molecule has 2 amide bonds. The van der Waals surface area contributed by atoms with E-state index in [0.29, 0.717) is 18.7 Å². The zero-order valence-corrected chi connectivity index (χ0v) is 16.1. The van der Waals surface area contributed by atoms with Crippen molar-refractivity contribution in [2.24, 2.45) is 5.92 Å². The molecule has 1 N–H and O–H groups in total. The van der Waals surface area contributed by atoms with E-state index in [9.17, 15) is 9.59 Å². The van der Waals surface area contributed by atoms with Crippen molar-refractivity contribution in [3.63, 3.8) is 0 Å². The minimum Gasteiger partial charge on any atom is -0.338 e. The van der Waals surface area contributed by atoms with E-state index in [4.69, 9.17) is 0 Å². The molecule has 0 radical (unpaired) electrons. The fourth-order valence-electron chi connectivity index (χ4n) is 3.98. The summed E-state index contributed by atoms with van der Waals surface area (Å²) in [6.45, 7) is 1.34. The first kappa shape index (κ1) is 17.8. The topological polar surface area (TPSA) is 80.1 Å². The normalized spacial score (nSPS) is 17.4. The van der Waals surface area contributed by atoms with E-state index < -0.39 is 0 Å². The van der Waals surface area contributed by atoms with Gasteiger partial charge >= 0.3 is 0 Å². The van der Waals surface area contributed by atoms with E-state index in [1.54, 1.807) is 12.4 Å². The minimum atomic E-state index is 0.0527. The number of likely N-dealkylation sites (tertiary alicyclic amines) is 1. The van der Waals surface area contributed by atoms with Gasteiger partial charge in [0.25, 0.3) is 5.91 Å². The number of anilines is 1. The Labute approximate surface area is 168 Å². The molecule has 0 unspecified atom stereocenters. The van der Waals surface area contributed by atoms with E-state index >= 15 is 0 Å². The SMILES string of the molecule is O=C(Nc1ccnn1C1CCN(C(=O)c2ccc3ncccc3c2)CC1)C1CC1. The quantitative estimate of drug-likeness (QED) is 0.743. The van der Waals surface area contributed by atoms with Crippen LogP contribution in [-0.2, 0) is 4.79 Å². The molecule has 1 aliphatic heterocycles. The molecule has 0 bridgehead atoms. The van der Waals surface area contributed by atoms with Crippen LogP contribution < -0.4 is 5.32 Å². The van der Waals surface area contributed by atoms with E-state index in [0.717, 1.165) is 42.4 Å². The lowest BCUT2D eigenvalue weighted by Gasteiger charge is -2.32. The lowest BCUT2D eigenvalue weighted by molar-refractivity contribution is -0.117. The van der Waals surface area contributed by atoms with Crippen molar-refractivity contribution >= 4 is 28.5 Å². The summed E-state index contributed by atoms with van der Waals surface area (Å²) < 4.78 is 1.91. The molecule has 3 aromatic rings. The van der Waals surface area contributed by atoms with Crippen LogP contribution in [0.25, 0.3) is 10.9 Å². The first-order valence-corrected chi connectivity index (χ1v) is 10.2. The van der Waals surface area contributed by atoms with Crippen LogP contribution in [0.2, 0.25) is 0 Å². The summed E-state index contributed by atoms with van der Waals surface area (Å²) in [6.07, 6.45) is 7.06. The van der Waals surface area contributed by atoms with Crippen LogP contribution >= 0.6 is 0 Å². The van der Waals surface area contributed by atoms with E-state index in [2.05, 4.69) is 15.4 Å². The number of piperidine rings is 1. The summed E-state index contributed by atoms with van der Waals surface area (Å²) in [5.41, 5.74) is 1.59. The highest BCUT2D eigenvalue weighted by Crippen LogP contribution is 2.31. The van der Waals surface area contributed by atoms with Crippen LogP contribution in [0.1, 0.15) is 42.1 Å². The number of benzene rings is 1. The number of hydrogen-bond donors (Lipinski definition) is 1. The van der Waals surface area contributed by atoms with Gasteiger partial charge in [0, 0.05) is 42.2 Å². The largest absolute Gasteiger partial charge is 0.338 e. The molecule has 148 valence electrons. The standard InChI is InChI=1S/C22H23N5O2/c28-21(15-3-4-15)25-20-7-11-24-27(20)18-8-12-26(13-9-18)22(29)17-5-6-19-16(14-17)2-1-10-23-19/h1-2,5-7,10-11,14-15,18H,3-4,8-9,12-13H2,(H,25,28). The van der Waals surface area contributed by atoms with Gasteiger partial charge in [0.05, 0.1) is 17.8 Å². The maximum Gasteiger partial charge on any atom is 0.253 e. The summed E-state index contributed by atoms with van der Waals surface area (Å²) in [7, 11) is 0. The van der Waals surface area contributed by atoms with Crippen LogP contribution in [0.15, 0.2) is 48.8 Å². The van der Waals surface area contributed by atoms with Gasteiger partial charge in [0.2, 0.25) is 5.91 Å². The monoisotopic (exact) mass is 389 g/mol. The summed E-state index contributed by atoms with van der Waals surface area (Å²) >= 11 is 0. The number of hydrogen-bond acceptors (Lipinski definition) is 4. The molecular weight excluding hydrogens is 366 g/mol. The summed E-state index contributed by atoms with van der Waals surface area (Å²) in [6, 6.07) is 11.5. The molecule has 2 aromatic heterocycles. The molecule has 5 rings (SSSR count). The molecule has 1 aromatic carbocycles. The highest BCUT2D eigenvalue weighted by atomic mass is 16.2. The third-order valence-corrected chi connectivity index (χ3v) is 5.82. The van der Waals surface area contributed by atoms with Crippen LogP contribution in [0, 0.1) is 5.92 Å². The van der Waals surface area contributed by atoms with Crippen molar-refractivity contribution in [2.45, 2.75) is 31.7 Å². The van der Waals surface area contributed by atoms with Crippen molar-refractivity contribution in [3.8, 4) is 0 Å². The Morgan fingerprint density at radius 1 is 1.00 bits per heavy atom. The smallest absolute Gasteiger partial charge is 0.253 e. The van der Waals surface area contributed by atoms with Crippen molar-refractivity contribution in [1.29, 1.82) is 0 Å². The molecule has 29 heavy (non-hydrogen) atoms. The van der Waals surface area contributed by atoms with Crippen molar-refractivity contribution in [2.75, 3.05) is 18.4 Å². The molecular formula is C22H23N5O2. The maximum atomic E-state index is 13.0. The predicted molar refractivity (Wildman–Crippen MR) is 109 cm³/mol. The van der Waals surface area contributed by atoms with E-state index in [-0.39, 0.29) is 23.8 Å².